The molecule has 5 rings (SSSR count). The van der Waals surface area contributed by atoms with Gasteiger partial charge in [0.2, 0.25) is 5.91 Å². The Bertz CT molecular complexity index is 1300. The topological polar surface area (TPSA) is 88.5 Å². The molecular formula is C27H25BrN2O6. The zero-order valence-corrected chi connectivity index (χ0v) is 21.3. The van der Waals surface area contributed by atoms with Gasteiger partial charge in [-0.05, 0) is 71.7 Å². The summed E-state index contributed by atoms with van der Waals surface area (Å²) in [6, 6.07) is 19.0. The third kappa shape index (κ3) is 3.98. The summed E-state index contributed by atoms with van der Waals surface area (Å²) in [5.74, 6) is -0.995. The smallest absolute Gasteiger partial charge is 0.266 e. The van der Waals surface area contributed by atoms with Crippen molar-refractivity contribution in [1.82, 2.24) is 0 Å². The SMILES string of the molecule is CCOc1ccccc1N1C(=O)[C@@H]2[C@@H](c3cc(Br)c(O)c(OCC)c3)N(c3ccccc3)O[C@H]2C1=O. The van der Waals surface area contributed by atoms with E-state index in [0.29, 0.717) is 40.4 Å². The van der Waals surface area contributed by atoms with Crippen LogP contribution < -0.4 is 19.4 Å². The predicted octanol–water partition coefficient (Wildman–Crippen LogP) is 5.00. The molecule has 8 nitrogen and oxygen atoms in total. The van der Waals surface area contributed by atoms with Gasteiger partial charge in [0.25, 0.3) is 5.91 Å². The fourth-order valence-corrected chi connectivity index (χ4v) is 5.20. The molecule has 3 atom stereocenters. The number of phenolic OH excluding ortho intramolecular Hbond substituents is 1. The van der Waals surface area contributed by atoms with Gasteiger partial charge in [-0.1, -0.05) is 30.3 Å². The van der Waals surface area contributed by atoms with E-state index in [1.54, 1.807) is 41.5 Å². The van der Waals surface area contributed by atoms with Gasteiger partial charge in [-0.25, -0.2) is 9.96 Å². The Hall–Kier alpha value is -3.56. The normalized spacial score (nSPS) is 21.1. The fourth-order valence-electron chi connectivity index (χ4n) is 4.74. The molecule has 2 fully saturated rings. The van der Waals surface area contributed by atoms with E-state index in [4.69, 9.17) is 14.3 Å². The standard InChI is InChI=1S/C27H25BrN2O6/c1-3-34-20-13-9-8-12-19(20)29-26(32)22-23(16-14-18(28)24(31)21(15-16)35-4-2)30(36-25(22)27(29)33)17-10-6-5-7-11-17/h5-15,22-23,25,31H,3-4H2,1-2H3/t22-,23-,25-/m1/s1. The third-order valence-corrected chi connectivity index (χ3v) is 6.83. The second-order valence-corrected chi connectivity index (χ2v) is 9.21. The number of hydrogen-bond donors (Lipinski definition) is 1. The van der Waals surface area contributed by atoms with Gasteiger partial charge in [-0.3, -0.25) is 14.4 Å². The van der Waals surface area contributed by atoms with Crippen molar-refractivity contribution in [2.24, 2.45) is 5.92 Å². The number of para-hydroxylation sites is 3. The average Bonchev–Trinajstić information content (AvgIpc) is 3.39. The molecule has 3 aromatic rings. The number of aromatic hydroxyl groups is 1. The lowest BCUT2D eigenvalue weighted by atomic mass is 9.90. The van der Waals surface area contributed by atoms with Crippen LogP contribution >= 0.6 is 15.9 Å². The molecule has 36 heavy (non-hydrogen) atoms. The van der Waals surface area contributed by atoms with E-state index in [1.165, 1.54) is 0 Å². The first-order chi connectivity index (χ1) is 17.5. The maximum Gasteiger partial charge on any atom is 0.266 e. The fraction of sp³-hybridized carbons (Fsp3) is 0.259. The number of amides is 2. The van der Waals surface area contributed by atoms with Gasteiger partial charge >= 0.3 is 0 Å². The lowest BCUT2D eigenvalue weighted by Gasteiger charge is -2.29. The molecule has 0 unspecified atom stereocenters. The largest absolute Gasteiger partial charge is 0.503 e. The van der Waals surface area contributed by atoms with Crippen molar-refractivity contribution in [3.8, 4) is 17.2 Å². The Balaban J connectivity index is 1.62. The predicted molar refractivity (Wildman–Crippen MR) is 137 cm³/mol. The Morgan fingerprint density at radius 1 is 0.917 bits per heavy atom. The van der Waals surface area contributed by atoms with Crippen LogP contribution in [0, 0.1) is 5.92 Å². The highest BCUT2D eigenvalue weighted by molar-refractivity contribution is 9.10. The molecule has 2 amide bonds. The number of imide groups is 1. The first-order valence-electron chi connectivity index (χ1n) is 11.7. The van der Waals surface area contributed by atoms with Crippen molar-refractivity contribution in [3.05, 3.63) is 76.8 Å². The number of carbonyl (C=O) groups excluding carboxylic acids is 2. The van der Waals surface area contributed by atoms with Crippen LogP contribution in [0.15, 0.2) is 71.2 Å². The number of carbonyl (C=O) groups is 2. The molecule has 0 saturated carbocycles. The molecule has 0 aromatic heterocycles. The van der Waals surface area contributed by atoms with Crippen molar-refractivity contribution >= 4 is 39.1 Å². The second kappa shape index (κ2) is 9.83. The lowest BCUT2D eigenvalue weighted by Crippen LogP contribution is -2.37. The molecule has 2 heterocycles. The van der Waals surface area contributed by atoms with Crippen molar-refractivity contribution in [2.75, 3.05) is 23.2 Å². The number of nitrogens with zero attached hydrogens (tertiary/aromatic N) is 2. The summed E-state index contributed by atoms with van der Waals surface area (Å²) in [6.45, 7) is 4.40. The monoisotopic (exact) mass is 552 g/mol. The van der Waals surface area contributed by atoms with Crippen LogP contribution in [0.25, 0.3) is 0 Å². The van der Waals surface area contributed by atoms with Crippen LogP contribution in [0.4, 0.5) is 11.4 Å². The van der Waals surface area contributed by atoms with Gasteiger partial charge < -0.3 is 14.6 Å². The van der Waals surface area contributed by atoms with Crippen molar-refractivity contribution in [1.29, 1.82) is 0 Å². The van der Waals surface area contributed by atoms with Gasteiger partial charge in [-0.2, -0.15) is 0 Å². The molecule has 3 aromatic carbocycles. The molecule has 2 aliphatic rings. The first-order valence-corrected chi connectivity index (χ1v) is 12.5. The van der Waals surface area contributed by atoms with E-state index < -0.39 is 24.0 Å². The Morgan fingerprint density at radius 2 is 1.58 bits per heavy atom. The maximum absolute atomic E-state index is 13.9. The Labute approximate surface area is 217 Å². The van der Waals surface area contributed by atoms with Crippen LogP contribution in [0.2, 0.25) is 0 Å². The summed E-state index contributed by atoms with van der Waals surface area (Å²) in [5.41, 5.74) is 1.74. The molecule has 186 valence electrons. The maximum atomic E-state index is 13.9. The zero-order valence-electron chi connectivity index (χ0n) is 19.8. The van der Waals surface area contributed by atoms with E-state index in [1.807, 2.05) is 44.2 Å². The number of phenols is 1. The number of benzene rings is 3. The van der Waals surface area contributed by atoms with E-state index in [-0.39, 0.29) is 17.4 Å². The Morgan fingerprint density at radius 3 is 2.31 bits per heavy atom. The van der Waals surface area contributed by atoms with Crippen molar-refractivity contribution in [2.45, 2.75) is 26.0 Å². The minimum absolute atomic E-state index is 0.0385. The number of rotatable bonds is 7. The molecule has 0 aliphatic carbocycles. The van der Waals surface area contributed by atoms with Crippen LogP contribution in [-0.4, -0.2) is 36.2 Å². The summed E-state index contributed by atoms with van der Waals surface area (Å²) in [6.07, 6.45) is -1.03. The number of ether oxygens (including phenoxy) is 2. The van der Waals surface area contributed by atoms with Gasteiger partial charge in [0.15, 0.2) is 17.6 Å². The van der Waals surface area contributed by atoms with Crippen molar-refractivity contribution in [3.63, 3.8) is 0 Å². The van der Waals surface area contributed by atoms with Gasteiger partial charge in [0.05, 0.1) is 35.1 Å². The molecule has 0 bridgehead atoms. The van der Waals surface area contributed by atoms with Crippen molar-refractivity contribution < 1.29 is 29.0 Å². The van der Waals surface area contributed by atoms with Crippen LogP contribution in [0.5, 0.6) is 17.2 Å². The lowest BCUT2D eigenvalue weighted by molar-refractivity contribution is -0.126. The summed E-state index contributed by atoms with van der Waals surface area (Å²) in [5, 5.41) is 12.1. The number of hydroxylamine groups is 1. The summed E-state index contributed by atoms with van der Waals surface area (Å²) >= 11 is 3.40. The van der Waals surface area contributed by atoms with Gasteiger partial charge in [0, 0.05) is 0 Å². The highest BCUT2D eigenvalue weighted by Crippen LogP contribution is 2.50. The third-order valence-electron chi connectivity index (χ3n) is 6.22. The van der Waals surface area contributed by atoms with Gasteiger partial charge in [-0.15, -0.1) is 0 Å². The van der Waals surface area contributed by atoms with Crippen LogP contribution in [0.3, 0.4) is 0 Å². The van der Waals surface area contributed by atoms with E-state index in [0.717, 1.165) is 4.90 Å². The average molecular weight is 553 g/mol. The second-order valence-electron chi connectivity index (χ2n) is 8.35. The van der Waals surface area contributed by atoms with Crippen LogP contribution in [0.1, 0.15) is 25.5 Å². The Kier molecular flexibility index (Phi) is 6.59. The summed E-state index contributed by atoms with van der Waals surface area (Å²) < 4.78 is 11.7. The molecule has 9 heteroatoms. The molecule has 2 saturated heterocycles. The number of fused-ring (bicyclic) bond motifs is 1. The molecule has 0 radical (unpaired) electrons. The minimum Gasteiger partial charge on any atom is -0.503 e. The summed E-state index contributed by atoms with van der Waals surface area (Å²) in [4.78, 5) is 34.9. The summed E-state index contributed by atoms with van der Waals surface area (Å²) in [7, 11) is 0. The minimum atomic E-state index is -1.03. The van der Waals surface area contributed by atoms with E-state index in [2.05, 4.69) is 15.9 Å². The molecule has 1 N–H and O–H groups in total. The quantitative estimate of drug-likeness (QED) is 0.412. The highest BCUT2D eigenvalue weighted by Gasteiger charge is 2.60. The van der Waals surface area contributed by atoms with E-state index >= 15 is 0 Å². The molecule has 0 spiro atoms. The van der Waals surface area contributed by atoms with Crippen LogP contribution in [-0.2, 0) is 14.4 Å². The zero-order chi connectivity index (χ0) is 25.4. The van der Waals surface area contributed by atoms with Gasteiger partial charge in [0.1, 0.15) is 11.7 Å². The first kappa shape index (κ1) is 24.1. The highest BCUT2D eigenvalue weighted by atomic mass is 79.9. The number of halogens is 1. The molecular weight excluding hydrogens is 528 g/mol. The number of hydrogen-bond acceptors (Lipinski definition) is 7. The van der Waals surface area contributed by atoms with E-state index in [9.17, 15) is 14.7 Å². The molecule has 2 aliphatic heterocycles. The number of anilines is 2.